The van der Waals surface area contributed by atoms with Crippen molar-refractivity contribution >= 4 is 11.6 Å². The highest BCUT2D eigenvalue weighted by Crippen LogP contribution is 2.44. The van der Waals surface area contributed by atoms with E-state index in [1.54, 1.807) is 0 Å². The number of carbonyl (C=O) groups is 1. The second-order valence-electron chi connectivity index (χ2n) is 9.50. The number of hydrogen-bond acceptors (Lipinski definition) is 4. The Morgan fingerprint density at radius 3 is 2.41 bits per heavy atom. The molecule has 3 aromatic carbocycles. The number of para-hydroxylation sites is 1. The van der Waals surface area contributed by atoms with E-state index < -0.39 is 0 Å². The lowest BCUT2D eigenvalue weighted by molar-refractivity contribution is -0.137. The molecule has 0 radical (unpaired) electrons. The van der Waals surface area contributed by atoms with Crippen LogP contribution in [0.3, 0.4) is 0 Å². The summed E-state index contributed by atoms with van der Waals surface area (Å²) < 4.78 is 6.27. The number of piperidine rings is 1. The van der Waals surface area contributed by atoms with Crippen LogP contribution in [0.15, 0.2) is 78.9 Å². The van der Waals surface area contributed by atoms with Gasteiger partial charge in [0.1, 0.15) is 0 Å². The lowest BCUT2D eigenvalue weighted by Gasteiger charge is -2.39. The molecule has 1 atom stereocenters. The maximum atomic E-state index is 13.2. The Balaban J connectivity index is 1.28. The third-order valence-corrected chi connectivity index (χ3v) is 7.26. The molecule has 5 rings (SSSR count). The molecule has 34 heavy (non-hydrogen) atoms. The van der Waals surface area contributed by atoms with Crippen LogP contribution in [0.25, 0.3) is 0 Å². The van der Waals surface area contributed by atoms with Gasteiger partial charge in [0.05, 0.1) is 24.8 Å². The normalized spacial score (nSPS) is 17.4. The lowest BCUT2D eigenvalue weighted by atomic mass is 9.84. The highest BCUT2D eigenvalue weighted by Gasteiger charge is 2.43. The van der Waals surface area contributed by atoms with Crippen molar-refractivity contribution in [2.75, 3.05) is 38.6 Å². The Labute approximate surface area is 202 Å². The van der Waals surface area contributed by atoms with Crippen molar-refractivity contribution in [2.24, 2.45) is 0 Å². The molecule has 0 bridgehead atoms. The minimum absolute atomic E-state index is 0.0649. The third kappa shape index (κ3) is 4.33. The Kier molecular flexibility index (Phi) is 6.40. The zero-order valence-electron chi connectivity index (χ0n) is 20.0. The number of carbonyl (C=O) groups excluding carboxylic acids is 1. The number of fused-ring (bicyclic) bond motifs is 2. The number of nitrogens with zero attached hydrogens (tertiary/aromatic N) is 2. The van der Waals surface area contributed by atoms with E-state index in [0.29, 0.717) is 13.2 Å². The average molecular weight is 456 g/mol. The van der Waals surface area contributed by atoms with E-state index in [9.17, 15) is 4.79 Å². The number of likely N-dealkylation sites (tertiary alicyclic amines) is 1. The smallest absolute Gasteiger partial charge is 0.236 e. The van der Waals surface area contributed by atoms with Crippen LogP contribution in [0.4, 0.5) is 5.69 Å². The van der Waals surface area contributed by atoms with E-state index in [2.05, 4.69) is 85.0 Å². The molecule has 2 heterocycles. The van der Waals surface area contributed by atoms with Crippen molar-refractivity contribution < 1.29 is 9.53 Å². The molecule has 1 fully saturated rings. The number of hydrogen-bond donors (Lipinski definition) is 1. The molecule has 1 N–H and O–H groups in total. The summed E-state index contributed by atoms with van der Waals surface area (Å²) in [6.45, 7) is 2.42. The monoisotopic (exact) mass is 455 g/mol. The van der Waals surface area contributed by atoms with Gasteiger partial charge >= 0.3 is 0 Å². The van der Waals surface area contributed by atoms with Crippen LogP contribution in [-0.4, -0.2) is 44.5 Å². The summed E-state index contributed by atoms with van der Waals surface area (Å²) in [5.41, 5.74) is 5.84. The van der Waals surface area contributed by atoms with Gasteiger partial charge in [0.25, 0.3) is 0 Å². The van der Waals surface area contributed by atoms with Gasteiger partial charge < -0.3 is 14.5 Å². The summed E-state index contributed by atoms with van der Waals surface area (Å²) in [5, 5.41) is 3.57. The number of amides is 1. The molecule has 1 spiro atoms. The number of rotatable bonds is 6. The minimum atomic E-state index is -0.224. The Hall–Kier alpha value is -3.15. The fourth-order valence-electron chi connectivity index (χ4n) is 5.41. The van der Waals surface area contributed by atoms with Crippen molar-refractivity contribution in [2.45, 2.75) is 31.1 Å². The Bertz CT molecular complexity index is 1140. The molecule has 1 saturated heterocycles. The third-order valence-electron chi connectivity index (χ3n) is 7.26. The van der Waals surface area contributed by atoms with E-state index in [1.807, 2.05) is 23.1 Å². The molecule has 0 aliphatic carbocycles. The highest BCUT2D eigenvalue weighted by molar-refractivity contribution is 5.78. The first-order chi connectivity index (χ1) is 16.6. The van der Waals surface area contributed by atoms with Gasteiger partial charge in [0, 0.05) is 32.9 Å². The average Bonchev–Trinajstić information content (AvgIpc) is 3.23. The molecular formula is C29H33N3O2. The van der Waals surface area contributed by atoms with Crippen molar-refractivity contribution in [1.29, 1.82) is 0 Å². The number of ether oxygens (including phenoxy) is 1. The van der Waals surface area contributed by atoms with E-state index in [-0.39, 0.29) is 17.6 Å². The maximum absolute atomic E-state index is 13.2. The fourth-order valence-corrected chi connectivity index (χ4v) is 5.41. The zero-order chi connectivity index (χ0) is 23.5. The number of nitrogens with one attached hydrogen (secondary N) is 1. The van der Waals surface area contributed by atoms with Crippen LogP contribution >= 0.6 is 0 Å². The summed E-state index contributed by atoms with van der Waals surface area (Å²) >= 11 is 0. The van der Waals surface area contributed by atoms with E-state index >= 15 is 0 Å². The summed E-state index contributed by atoms with van der Waals surface area (Å²) in [7, 11) is 4.11. The van der Waals surface area contributed by atoms with E-state index in [0.717, 1.165) is 37.2 Å². The van der Waals surface area contributed by atoms with E-state index in [1.165, 1.54) is 16.7 Å². The van der Waals surface area contributed by atoms with Crippen LogP contribution < -0.4 is 10.2 Å². The first-order valence-electron chi connectivity index (χ1n) is 12.1. The second kappa shape index (κ2) is 9.61. The van der Waals surface area contributed by atoms with Crippen molar-refractivity contribution in [3.8, 4) is 0 Å². The Morgan fingerprint density at radius 1 is 0.971 bits per heavy atom. The SMILES string of the molecule is CN(C)c1ccccc1C(NCC(=O)N1CCC2(CC1)OCc1ccccc12)c1ccccc1. The van der Waals surface area contributed by atoms with Gasteiger partial charge in [-0.25, -0.2) is 0 Å². The van der Waals surface area contributed by atoms with Crippen molar-refractivity contribution in [3.63, 3.8) is 0 Å². The van der Waals surface area contributed by atoms with Gasteiger partial charge in [0.2, 0.25) is 5.91 Å². The first kappa shape index (κ1) is 22.6. The standard InChI is InChI=1S/C29H33N3O2/c1-31(2)26-15-9-7-13-24(26)28(22-10-4-3-5-11-22)30-20-27(33)32-18-16-29(17-19-32)25-14-8-6-12-23(25)21-34-29/h3-15,28,30H,16-21H2,1-2H3. The van der Waals surface area contributed by atoms with Gasteiger partial charge in [-0.3, -0.25) is 10.1 Å². The maximum Gasteiger partial charge on any atom is 0.236 e. The lowest BCUT2D eigenvalue weighted by Crippen LogP contribution is -2.48. The van der Waals surface area contributed by atoms with Gasteiger partial charge in [-0.15, -0.1) is 0 Å². The van der Waals surface area contributed by atoms with Crippen LogP contribution in [-0.2, 0) is 21.7 Å². The zero-order valence-corrected chi connectivity index (χ0v) is 20.0. The molecule has 1 unspecified atom stereocenters. The Morgan fingerprint density at radius 2 is 1.65 bits per heavy atom. The molecule has 3 aromatic rings. The molecular weight excluding hydrogens is 422 g/mol. The van der Waals surface area contributed by atoms with Crippen LogP contribution in [0.5, 0.6) is 0 Å². The molecule has 176 valence electrons. The summed E-state index contributed by atoms with van der Waals surface area (Å²) in [4.78, 5) is 17.4. The summed E-state index contributed by atoms with van der Waals surface area (Å²) in [6, 6.07) is 27.2. The highest BCUT2D eigenvalue weighted by atomic mass is 16.5. The second-order valence-corrected chi connectivity index (χ2v) is 9.50. The van der Waals surface area contributed by atoms with Crippen LogP contribution in [0, 0.1) is 0 Å². The van der Waals surface area contributed by atoms with Crippen LogP contribution in [0.2, 0.25) is 0 Å². The van der Waals surface area contributed by atoms with Crippen LogP contribution in [0.1, 0.15) is 41.1 Å². The van der Waals surface area contributed by atoms with Gasteiger partial charge in [-0.1, -0.05) is 72.8 Å². The molecule has 2 aliphatic heterocycles. The topological polar surface area (TPSA) is 44.8 Å². The number of benzene rings is 3. The summed E-state index contributed by atoms with van der Waals surface area (Å²) in [5.74, 6) is 0.143. The van der Waals surface area contributed by atoms with Crippen molar-refractivity contribution in [1.82, 2.24) is 10.2 Å². The molecule has 0 saturated carbocycles. The van der Waals surface area contributed by atoms with Gasteiger partial charge in [0.15, 0.2) is 0 Å². The molecule has 1 amide bonds. The summed E-state index contributed by atoms with van der Waals surface area (Å²) in [6.07, 6.45) is 1.70. The quantitative estimate of drug-likeness (QED) is 0.595. The molecule has 0 aromatic heterocycles. The predicted octanol–water partition coefficient (Wildman–Crippen LogP) is 4.48. The van der Waals surface area contributed by atoms with E-state index in [4.69, 9.17) is 4.74 Å². The molecule has 5 heteroatoms. The minimum Gasteiger partial charge on any atom is -0.377 e. The molecule has 5 nitrogen and oxygen atoms in total. The largest absolute Gasteiger partial charge is 0.377 e. The number of anilines is 1. The van der Waals surface area contributed by atoms with Crippen molar-refractivity contribution in [3.05, 3.63) is 101 Å². The van der Waals surface area contributed by atoms with Gasteiger partial charge in [-0.05, 0) is 41.2 Å². The molecule has 2 aliphatic rings. The predicted molar refractivity (Wildman–Crippen MR) is 136 cm³/mol. The first-order valence-corrected chi connectivity index (χ1v) is 12.1. The van der Waals surface area contributed by atoms with Gasteiger partial charge in [-0.2, -0.15) is 0 Å². The fraction of sp³-hybridized carbons (Fsp3) is 0.345.